The molecule has 0 fully saturated rings. The molecule has 142 valence electrons. The second-order valence-corrected chi connectivity index (χ2v) is 6.44. The lowest BCUT2D eigenvalue weighted by Crippen LogP contribution is -2.33. The molecular weight excluding hydrogens is 342 g/mol. The van der Waals surface area contributed by atoms with Crippen LogP contribution in [0.2, 0.25) is 0 Å². The Kier molecular flexibility index (Phi) is 5.71. The molecule has 0 aliphatic heterocycles. The van der Waals surface area contributed by atoms with Crippen LogP contribution in [0.1, 0.15) is 24.2 Å². The number of aromatic carboxylic acids is 1. The summed E-state index contributed by atoms with van der Waals surface area (Å²) in [4.78, 5) is 27.6. The molecule has 0 aliphatic rings. The average molecular weight is 367 g/mol. The summed E-state index contributed by atoms with van der Waals surface area (Å²) in [6.45, 7) is 8.45. The highest BCUT2D eigenvalue weighted by Gasteiger charge is 2.14. The van der Waals surface area contributed by atoms with Crippen molar-refractivity contribution in [2.24, 2.45) is 0 Å². The number of rotatable bonds is 8. The Morgan fingerprint density at radius 1 is 1.11 bits per heavy atom. The zero-order valence-corrected chi connectivity index (χ0v) is 15.9. The van der Waals surface area contributed by atoms with Crippen LogP contribution >= 0.6 is 0 Å². The van der Waals surface area contributed by atoms with E-state index in [9.17, 15) is 9.90 Å². The molecule has 7 heteroatoms. The monoisotopic (exact) mass is 367 g/mol. The number of nitrogens with zero attached hydrogens (tertiary/aromatic N) is 4. The van der Waals surface area contributed by atoms with Gasteiger partial charge < -0.3 is 19.9 Å². The third-order valence-electron chi connectivity index (χ3n) is 4.85. The van der Waals surface area contributed by atoms with Crippen LogP contribution in [0.25, 0.3) is 22.6 Å². The van der Waals surface area contributed by atoms with E-state index in [0.29, 0.717) is 17.0 Å². The van der Waals surface area contributed by atoms with E-state index < -0.39 is 5.97 Å². The predicted octanol–water partition coefficient (Wildman–Crippen LogP) is 3.10. The number of aromatic amines is 1. The number of carbonyl (C=O) groups is 1. The van der Waals surface area contributed by atoms with E-state index in [-0.39, 0.29) is 5.56 Å². The van der Waals surface area contributed by atoms with Crippen LogP contribution in [0.3, 0.4) is 0 Å². The van der Waals surface area contributed by atoms with Gasteiger partial charge >= 0.3 is 5.97 Å². The molecule has 2 aromatic heterocycles. The summed E-state index contributed by atoms with van der Waals surface area (Å²) in [5, 5.41) is 9.30. The first kappa shape index (κ1) is 18.8. The van der Waals surface area contributed by atoms with Crippen LogP contribution in [-0.4, -0.2) is 64.2 Å². The molecule has 0 spiro atoms. The van der Waals surface area contributed by atoms with Gasteiger partial charge in [-0.25, -0.2) is 14.8 Å². The standard InChI is InChI=1S/C20H25N5O2/c1-4-25(5-2)13-12-24(3)15-8-6-14(7-9-15)18-22-17-16(20(26)27)10-11-21-19(17)23-18/h6-11H,4-5,12-13H2,1-3H3,(H,26,27)(H,21,22,23). The third-order valence-corrected chi connectivity index (χ3v) is 4.85. The van der Waals surface area contributed by atoms with E-state index in [4.69, 9.17) is 0 Å². The van der Waals surface area contributed by atoms with Crippen molar-refractivity contribution in [3.8, 4) is 11.4 Å². The van der Waals surface area contributed by atoms with Gasteiger partial charge in [-0.15, -0.1) is 0 Å². The third kappa shape index (κ3) is 4.09. The summed E-state index contributed by atoms with van der Waals surface area (Å²) < 4.78 is 0. The van der Waals surface area contributed by atoms with Crippen molar-refractivity contribution in [2.45, 2.75) is 13.8 Å². The number of carboxylic acids is 1. The van der Waals surface area contributed by atoms with Crippen molar-refractivity contribution in [1.82, 2.24) is 19.9 Å². The van der Waals surface area contributed by atoms with Gasteiger partial charge in [-0.1, -0.05) is 13.8 Å². The lowest BCUT2D eigenvalue weighted by atomic mass is 10.2. The number of pyridine rings is 1. The number of nitrogens with one attached hydrogen (secondary N) is 1. The smallest absolute Gasteiger partial charge is 0.338 e. The lowest BCUT2D eigenvalue weighted by Gasteiger charge is -2.24. The van der Waals surface area contributed by atoms with Crippen molar-refractivity contribution in [3.63, 3.8) is 0 Å². The number of H-pyrrole nitrogens is 1. The molecule has 27 heavy (non-hydrogen) atoms. The van der Waals surface area contributed by atoms with E-state index in [0.717, 1.165) is 37.4 Å². The first-order chi connectivity index (χ1) is 13.0. The van der Waals surface area contributed by atoms with Gasteiger partial charge in [0.05, 0.1) is 11.1 Å². The van der Waals surface area contributed by atoms with E-state index in [2.05, 4.69) is 57.8 Å². The van der Waals surface area contributed by atoms with Crippen LogP contribution < -0.4 is 4.90 Å². The number of aromatic nitrogens is 3. The highest BCUT2D eigenvalue weighted by Crippen LogP contribution is 2.24. The fourth-order valence-corrected chi connectivity index (χ4v) is 3.06. The van der Waals surface area contributed by atoms with Gasteiger partial charge in [-0.05, 0) is 43.4 Å². The van der Waals surface area contributed by atoms with Gasteiger partial charge in [-0.2, -0.15) is 0 Å². The molecule has 2 heterocycles. The molecule has 7 nitrogen and oxygen atoms in total. The highest BCUT2D eigenvalue weighted by molar-refractivity contribution is 6.00. The predicted molar refractivity (Wildman–Crippen MR) is 107 cm³/mol. The van der Waals surface area contributed by atoms with E-state index in [1.165, 1.54) is 12.3 Å². The summed E-state index contributed by atoms with van der Waals surface area (Å²) >= 11 is 0. The van der Waals surface area contributed by atoms with Crippen LogP contribution in [0.15, 0.2) is 36.5 Å². The summed E-state index contributed by atoms with van der Waals surface area (Å²) in [7, 11) is 2.09. The Bertz CT molecular complexity index is 916. The molecule has 0 unspecified atom stereocenters. The summed E-state index contributed by atoms with van der Waals surface area (Å²) in [6.07, 6.45) is 1.46. The molecule has 1 aromatic carbocycles. The van der Waals surface area contributed by atoms with E-state index in [1.807, 2.05) is 12.1 Å². The van der Waals surface area contributed by atoms with Crippen LogP contribution in [0.5, 0.6) is 0 Å². The van der Waals surface area contributed by atoms with Crippen molar-refractivity contribution in [1.29, 1.82) is 0 Å². The minimum absolute atomic E-state index is 0.173. The van der Waals surface area contributed by atoms with Gasteiger partial charge in [0.25, 0.3) is 0 Å². The molecule has 3 rings (SSSR count). The summed E-state index contributed by atoms with van der Waals surface area (Å²) in [6, 6.07) is 9.55. The highest BCUT2D eigenvalue weighted by atomic mass is 16.4. The average Bonchev–Trinajstić information content (AvgIpc) is 3.12. The second-order valence-electron chi connectivity index (χ2n) is 6.44. The molecule has 0 saturated heterocycles. The molecule has 0 radical (unpaired) electrons. The molecule has 0 saturated carbocycles. The van der Waals surface area contributed by atoms with Crippen LogP contribution in [-0.2, 0) is 0 Å². The van der Waals surface area contributed by atoms with Crippen molar-refractivity contribution in [3.05, 3.63) is 42.1 Å². The SMILES string of the molecule is CCN(CC)CCN(C)c1ccc(-c2nc3nccc(C(=O)O)c3[nH]2)cc1. The van der Waals surface area contributed by atoms with Gasteiger partial charge in [0.1, 0.15) is 5.82 Å². The Balaban J connectivity index is 1.78. The normalized spacial score (nSPS) is 11.3. The first-order valence-electron chi connectivity index (χ1n) is 9.15. The zero-order chi connectivity index (χ0) is 19.4. The van der Waals surface area contributed by atoms with E-state index >= 15 is 0 Å². The Morgan fingerprint density at radius 2 is 1.81 bits per heavy atom. The van der Waals surface area contributed by atoms with E-state index in [1.54, 1.807) is 0 Å². The fraction of sp³-hybridized carbons (Fsp3) is 0.350. The Morgan fingerprint density at radius 3 is 2.44 bits per heavy atom. The van der Waals surface area contributed by atoms with Gasteiger partial charge in [-0.3, -0.25) is 0 Å². The largest absolute Gasteiger partial charge is 0.478 e. The summed E-state index contributed by atoms with van der Waals surface area (Å²) in [5.74, 6) is -0.383. The molecule has 3 aromatic rings. The number of likely N-dealkylation sites (N-methyl/N-ethyl adjacent to an activating group) is 2. The zero-order valence-electron chi connectivity index (χ0n) is 15.9. The molecule has 0 bridgehead atoms. The number of hydrogen-bond donors (Lipinski definition) is 2. The first-order valence-corrected chi connectivity index (χ1v) is 9.15. The number of hydrogen-bond acceptors (Lipinski definition) is 5. The minimum Gasteiger partial charge on any atom is -0.478 e. The maximum atomic E-state index is 11.3. The molecule has 0 aliphatic carbocycles. The Labute approximate surface area is 158 Å². The number of anilines is 1. The molecular formula is C20H25N5O2. The maximum absolute atomic E-state index is 11.3. The molecule has 0 atom stereocenters. The molecule has 2 N–H and O–H groups in total. The van der Waals surface area contributed by atoms with Crippen LogP contribution in [0.4, 0.5) is 5.69 Å². The number of carboxylic acid groups (broad SMARTS) is 1. The lowest BCUT2D eigenvalue weighted by molar-refractivity contribution is 0.0698. The van der Waals surface area contributed by atoms with Crippen LogP contribution in [0, 0.1) is 0 Å². The van der Waals surface area contributed by atoms with Crippen molar-refractivity contribution in [2.75, 3.05) is 38.1 Å². The number of fused-ring (bicyclic) bond motifs is 1. The maximum Gasteiger partial charge on any atom is 0.338 e. The quantitative estimate of drug-likeness (QED) is 0.636. The molecule has 0 amide bonds. The van der Waals surface area contributed by atoms with Gasteiger partial charge in [0.2, 0.25) is 0 Å². The topological polar surface area (TPSA) is 85.3 Å². The fourth-order valence-electron chi connectivity index (χ4n) is 3.06. The van der Waals surface area contributed by atoms with Crippen molar-refractivity contribution < 1.29 is 9.90 Å². The van der Waals surface area contributed by atoms with Gasteiger partial charge in [0, 0.05) is 37.6 Å². The Hall–Kier alpha value is -2.93. The minimum atomic E-state index is -0.997. The van der Waals surface area contributed by atoms with Crippen molar-refractivity contribution >= 4 is 22.8 Å². The van der Waals surface area contributed by atoms with Gasteiger partial charge in [0.15, 0.2) is 5.65 Å². The number of benzene rings is 1. The number of imidazole rings is 1. The summed E-state index contributed by atoms with van der Waals surface area (Å²) in [5.41, 5.74) is 3.05. The second kappa shape index (κ2) is 8.18.